The van der Waals surface area contributed by atoms with E-state index in [0.29, 0.717) is 11.8 Å². The van der Waals surface area contributed by atoms with Gasteiger partial charge in [0.15, 0.2) is 5.82 Å². The lowest BCUT2D eigenvalue weighted by atomic mass is 10.3. The Bertz CT molecular complexity index is 549. The third-order valence-corrected chi connectivity index (χ3v) is 3.33. The number of hydrogen-bond acceptors (Lipinski definition) is 6. The summed E-state index contributed by atoms with van der Waals surface area (Å²) in [4.78, 5) is 15.8. The summed E-state index contributed by atoms with van der Waals surface area (Å²) in [5, 5.41) is 3.24. The van der Waals surface area contributed by atoms with Crippen LogP contribution in [0.5, 0.6) is 0 Å². The molecule has 0 atom stereocenters. The molecule has 0 amide bonds. The van der Waals surface area contributed by atoms with Crippen LogP contribution in [0.15, 0.2) is 23.0 Å². The molecule has 0 aromatic carbocycles. The van der Waals surface area contributed by atoms with Gasteiger partial charge in [-0.2, -0.15) is 15.0 Å². The lowest BCUT2D eigenvalue weighted by Gasteiger charge is -2.16. The van der Waals surface area contributed by atoms with Crippen LogP contribution in [0.3, 0.4) is 0 Å². The van der Waals surface area contributed by atoms with Crippen LogP contribution in [0.4, 0.5) is 11.9 Å². The van der Waals surface area contributed by atoms with Crippen molar-refractivity contribution in [2.75, 3.05) is 29.9 Å². The number of nitrogens with one attached hydrogen (secondary N) is 1. The normalized spacial score (nSPS) is 14.8. The van der Waals surface area contributed by atoms with Crippen LogP contribution >= 0.6 is 0 Å². The predicted molar refractivity (Wildman–Crippen MR) is 77.8 cm³/mol. The molecule has 1 N–H and O–H groups in total. The maximum atomic E-state index is 5.12. The van der Waals surface area contributed by atoms with Gasteiger partial charge in [-0.15, -0.1) is 0 Å². The van der Waals surface area contributed by atoms with E-state index in [4.69, 9.17) is 4.42 Å². The van der Waals surface area contributed by atoms with Gasteiger partial charge in [0, 0.05) is 19.6 Å². The van der Waals surface area contributed by atoms with Gasteiger partial charge in [0.2, 0.25) is 11.9 Å². The van der Waals surface area contributed by atoms with Gasteiger partial charge in [0.05, 0.1) is 11.8 Å². The van der Waals surface area contributed by atoms with Crippen LogP contribution in [-0.2, 0) is 0 Å². The van der Waals surface area contributed by atoms with Gasteiger partial charge in [0.25, 0.3) is 0 Å². The number of anilines is 2. The molecular formula is C14H19N5O. The minimum atomic E-state index is 0.639. The molecule has 3 rings (SSSR count). The SMILES string of the molecule is CCCNc1nc(-c2ccoc2)nc(N2CCCC2)n1. The Labute approximate surface area is 118 Å². The summed E-state index contributed by atoms with van der Waals surface area (Å²) in [6.45, 7) is 5.00. The van der Waals surface area contributed by atoms with Crippen LogP contribution in [-0.4, -0.2) is 34.6 Å². The van der Waals surface area contributed by atoms with Gasteiger partial charge in [-0.3, -0.25) is 0 Å². The van der Waals surface area contributed by atoms with Gasteiger partial charge in [-0.05, 0) is 25.3 Å². The Hall–Kier alpha value is -2.11. The third kappa shape index (κ3) is 2.74. The molecule has 0 bridgehead atoms. The summed E-state index contributed by atoms with van der Waals surface area (Å²) >= 11 is 0. The molecular weight excluding hydrogens is 254 g/mol. The smallest absolute Gasteiger partial charge is 0.230 e. The molecule has 0 spiro atoms. The molecule has 1 saturated heterocycles. The second-order valence-corrected chi connectivity index (χ2v) is 4.92. The number of nitrogens with zero attached hydrogens (tertiary/aromatic N) is 4. The maximum absolute atomic E-state index is 5.12. The number of rotatable bonds is 5. The summed E-state index contributed by atoms with van der Waals surface area (Å²) < 4.78 is 5.12. The van der Waals surface area contributed by atoms with Gasteiger partial charge < -0.3 is 14.6 Å². The quantitative estimate of drug-likeness (QED) is 0.903. The molecule has 1 fully saturated rings. The first-order valence-corrected chi connectivity index (χ1v) is 7.14. The van der Waals surface area contributed by atoms with Crippen molar-refractivity contribution < 1.29 is 4.42 Å². The minimum Gasteiger partial charge on any atom is -0.472 e. The Morgan fingerprint density at radius 2 is 2.10 bits per heavy atom. The van der Waals surface area contributed by atoms with E-state index >= 15 is 0 Å². The van der Waals surface area contributed by atoms with E-state index in [9.17, 15) is 0 Å². The van der Waals surface area contributed by atoms with Crippen LogP contribution < -0.4 is 10.2 Å². The summed E-state index contributed by atoms with van der Waals surface area (Å²) in [5.74, 6) is 2.06. The number of aromatic nitrogens is 3. The molecule has 3 heterocycles. The largest absolute Gasteiger partial charge is 0.472 e. The molecule has 0 unspecified atom stereocenters. The Kier molecular flexibility index (Phi) is 3.80. The third-order valence-electron chi connectivity index (χ3n) is 3.33. The van der Waals surface area contributed by atoms with Crippen molar-refractivity contribution in [1.82, 2.24) is 15.0 Å². The highest BCUT2D eigenvalue weighted by atomic mass is 16.3. The van der Waals surface area contributed by atoms with Crippen molar-refractivity contribution in [3.8, 4) is 11.4 Å². The van der Waals surface area contributed by atoms with E-state index in [1.54, 1.807) is 12.5 Å². The van der Waals surface area contributed by atoms with E-state index in [1.807, 2.05) is 6.07 Å². The predicted octanol–water partition coefficient (Wildman–Crippen LogP) is 2.55. The number of furan rings is 1. The highest BCUT2D eigenvalue weighted by molar-refractivity contribution is 5.56. The zero-order chi connectivity index (χ0) is 13.8. The molecule has 2 aromatic rings. The first kappa shape index (κ1) is 12.9. The van der Waals surface area contributed by atoms with Crippen LogP contribution in [0, 0.1) is 0 Å². The zero-order valence-electron chi connectivity index (χ0n) is 11.7. The Balaban J connectivity index is 1.94. The molecule has 0 saturated carbocycles. The van der Waals surface area contributed by atoms with Gasteiger partial charge >= 0.3 is 0 Å². The first-order valence-electron chi connectivity index (χ1n) is 7.14. The molecule has 6 nitrogen and oxygen atoms in total. The Morgan fingerprint density at radius 1 is 1.25 bits per heavy atom. The molecule has 1 aliphatic heterocycles. The average molecular weight is 273 g/mol. The fourth-order valence-corrected chi connectivity index (χ4v) is 2.26. The highest BCUT2D eigenvalue weighted by Crippen LogP contribution is 2.22. The van der Waals surface area contributed by atoms with Gasteiger partial charge in [-0.25, -0.2) is 0 Å². The first-order chi connectivity index (χ1) is 9.86. The fraction of sp³-hybridized carbons (Fsp3) is 0.500. The second kappa shape index (κ2) is 5.90. The van der Waals surface area contributed by atoms with E-state index in [1.165, 1.54) is 12.8 Å². The van der Waals surface area contributed by atoms with Gasteiger partial charge in [-0.1, -0.05) is 6.92 Å². The van der Waals surface area contributed by atoms with E-state index in [0.717, 1.165) is 37.6 Å². The Morgan fingerprint density at radius 3 is 2.80 bits per heavy atom. The van der Waals surface area contributed by atoms with E-state index < -0.39 is 0 Å². The summed E-state index contributed by atoms with van der Waals surface area (Å²) in [5.41, 5.74) is 0.882. The van der Waals surface area contributed by atoms with Gasteiger partial charge in [0.1, 0.15) is 6.26 Å². The monoisotopic (exact) mass is 273 g/mol. The topological polar surface area (TPSA) is 67.1 Å². The zero-order valence-corrected chi connectivity index (χ0v) is 11.7. The van der Waals surface area contributed by atoms with Crippen LogP contribution in [0.2, 0.25) is 0 Å². The molecule has 0 radical (unpaired) electrons. The fourth-order valence-electron chi connectivity index (χ4n) is 2.26. The molecule has 6 heteroatoms. The van der Waals surface area contributed by atoms with Crippen molar-refractivity contribution in [2.45, 2.75) is 26.2 Å². The number of hydrogen-bond donors (Lipinski definition) is 1. The van der Waals surface area contributed by atoms with Crippen molar-refractivity contribution in [3.05, 3.63) is 18.6 Å². The van der Waals surface area contributed by atoms with E-state index in [2.05, 4.69) is 32.1 Å². The summed E-state index contributed by atoms with van der Waals surface area (Å²) in [6, 6.07) is 1.87. The van der Waals surface area contributed by atoms with Crippen molar-refractivity contribution >= 4 is 11.9 Å². The van der Waals surface area contributed by atoms with Crippen molar-refractivity contribution in [2.24, 2.45) is 0 Å². The molecule has 2 aromatic heterocycles. The van der Waals surface area contributed by atoms with Crippen molar-refractivity contribution in [3.63, 3.8) is 0 Å². The lowest BCUT2D eigenvalue weighted by molar-refractivity contribution is 0.568. The second-order valence-electron chi connectivity index (χ2n) is 4.92. The molecule has 20 heavy (non-hydrogen) atoms. The average Bonchev–Trinajstić information content (AvgIpc) is 3.17. The summed E-state index contributed by atoms with van der Waals surface area (Å²) in [6.07, 6.45) is 6.72. The molecule has 1 aliphatic rings. The van der Waals surface area contributed by atoms with Crippen molar-refractivity contribution in [1.29, 1.82) is 0 Å². The van der Waals surface area contributed by atoms with Crippen LogP contribution in [0.25, 0.3) is 11.4 Å². The van der Waals surface area contributed by atoms with E-state index in [-0.39, 0.29) is 0 Å². The minimum absolute atomic E-state index is 0.639. The van der Waals surface area contributed by atoms with Crippen LogP contribution in [0.1, 0.15) is 26.2 Å². The maximum Gasteiger partial charge on any atom is 0.230 e. The standard InChI is InChI=1S/C14H19N5O/c1-2-6-15-13-16-12(11-5-9-20-10-11)17-14(18-13)19-7-3-4-8-19/h5,9-10H,2-4,6-8H2,1H3,(H,15,16,17,18). The molecule has 106 valence electrons. The molecule has 0 aliphatic carbocycles. The lowest BCUT2D eigenvalue weighted by Crippen LogP contribution is -2.22. The highest BCUT2D eigenvalue weighted by Gasteiger charge is 2.18. The summed E-state index contributed by atoms with van der Waals surface area (Å²) in [7, 11) is 0.